The van der Waals surface area contributed by atoms with Crippen LogP contribution in [0, 0.1) is 0 Å². The van der Waals surface area contributed by atoms with E-state index in [4.69, 9.17) is 9.47 Å². The smallest absolute Gasteiger partial charge is 0.337 e. The summed E-state index contributed by atoms with van der Waals surface area (Å²) in [6.45, 7) is 2.66. The molecule has 1 aliphatic rings. The van der Waals surface area contributed by atoms with Crippen molar-refractivity contribution < 1.29 is 24.1 Å². The minimum absolute atomic E-state index is 0.208. The summed E-state index contributed by atoms with van der Waals surface area (Å²) in [5.74, 6) is 1.60. The third-order valence-corrected chi connectivity index (χ3v) is 6.14. The van der Waals surface area contributed by atoms with E-state index in [9.17, 15) is 9.90 Å². The fraction of sp³-hybridized carbons (Fsp3) is 0.400. The first-order valence-electron chi connectivity index (χ1n) is 10.9. The van der Waals surface area contributed by atoms with E-state index in [1.54, 1.807) is 31.4 Å². The summed E-state index contributed by atoms with van der Waals surface area (Å²) >= 11 is 0. The lowest BCUT2D eigenvalue weighted by Gasteiger charge is -2.33. The van der Waals surface area contributed by atoms with E-state index in [-0.39, 0.29) is 12.6 Å². The lowest BCUT2D eigenvalue weighted by Crippen LogP contribution is -2.40. The van der Waals surface area contributed by atoms with Gasteiger partial charge in [-0.1, -0.05) is 0 Å². The maximum Gasteiger partial charge on any atom is 0.337 e. The first kappa shape index (κ1) is 22.2. The van der Waals surface area contributed by atoms with Gasteiger partial charge < -0.3 is 29.2 Å². The number of nitrogens with zero attached hydrogens (tertiary/aromatic N) is 1. The molecule has 2 heterocycles. The SMILES string of the molecule is COC(=O)c1ccc(OCC(O)CN2CCC(c3c[nH]c4ccc(OC)cc34)CC2)cc1. The summed E-state index contributed by atoms with van der Waals surface area (Å²) < 4.78 is 15.8. The predicted molar refractivity (Wildman–Crippen MR) is 123 cm³/mol. The number of methoxy groups -OCH3 is 2. The molecule has 2 N–H and O–H groups in total. The summed E-state index contributed by atoms with van der Waals surface area (Å²) in [5, 5.41) is 11.7. The third kappa shape index (κ3) is 5.06. The number of aliphatic hydroxyl groups is 1. The molecule has 1 aromatic heterocycles. The van der Waals surface area contributed by atoms with Gasteiger partial charge in [-0.2, -0.15) is 0 Å². The average molecular weight is 439 g/mol. The van der Waals surface area contributed by atoms with E-state index in [0.717, 1.165) is 37.2 Å². The number of benzene rings is 2. The fourth-order valence-electron chi connectivity index (χ4n) is 4.36. The van der Waals surface area contributed by atoms with Gasteiger partial charge in [0.2, 0.25) is 0 Å². The van der Waals surface area contributed by atoms with Crippen molar-refractivity contribution in [2.24, 2.45) is 0 Å². The van der Waals surface area contributed by atoms with Gasteiger partial charge in [0.25, 0.3) is 0 Å². The average Bonchev–Trinajstić information content (AvgIpc) is 3.26. The van der Waals surface area contributed by atoms with Crippen molar-refractivity contribution in [1.82, 2.24) is 9.88 Å². The Balaban J connectivity index is 1.25. The van der Waals surface area contributed by atoms with Crippen molar-refractivity contribution in [3.05, 3.63) is 59.8 Å². The normalized spacial score (nSPS) is 16.1. The summed E-state index contributed by atoms with van der Waals surface area (Å²) in [6, 6.07) is 12.9. The Morgan fingerprint density at radius 2 is 1.84 bits per heavy atom. The molecule has 170 valence electrons. The molecule has 1 fully saturated rings. The van der Waals surface area contributed by atoms with E-state index >= 15 is 0 Å². The number of carbonyl (C=O) groups is 1. The molecular formula is C25H30N2O5. The lowest BCUT2D eigenvalue weighted by molar-refractivity contribution is 0.0587. The van der Waals surface area contributed by atoms with Crippen molar-refractivity contribution in [2.45, 2.75) is 24.9 Å². The number of aliphatic hydroxyl groups excluding tert-OH is 1. The molecule has 0 spiro atoms. The van der Waals surface area contributed by atoms with Crippen molar-refractivity contribution in [3.63, 3.8) is 0 Å². The van der Waals surface area contributed by atoms with Gasteiger partial charge in [0.15, 0.2) is 0 Å². The summed E-state index contributed by atoms with van der Waals surface area (Å²) in [6.07, 6.45) is 3.64. The Hall–Kier alpha value is -3.03. The number of esters is 1. The molecule has 0 bridgehead atoms. The van der Waals surface area contributed by atoms with E-state index in [2.05, 4.69) is 33.0 Å². The fourth-order valence-corrected chi connectivity index (χ4v) is 4.36. The number of rotatable bonds is 8. The van der Waals surface area contributed by atoms with Crippen LogP contribution in [-0.4, -0.2) is 67.5 Å². The molecule has 0 amide bonds. The minimum atomic E-state index is -0.579. The van der Waals surface area contributed by atoms with Gasteiger partial charge in [-0.3, -0.25) is 0 Å². The molecule has 32 heavy (non-hydrogen) atoms. The summed E-state index contributed by atoms with van der Waals surface area (Å²) in [5.41, 5.74) is 2.95. The van der Waals surface area contributed by atoms with Crippen LogP contribution in [0.3, 0.4) is 0 Å². The molecule has 0 radical (unpaired) electrons. The standard InChI is InChI=1S/C25H30N2O5/c1-30-21-7-8-24-22(13-21)23(14-26-24)17-9-11-27(12-10-17)15-19(28)16-32-20-5-3-18(4-6-20)25(29)31-2/h3-8,13-14,17,19,26,28H,9-12,15-16H2,1-2H3. The molecule has 4 rings (SSSR count). The van der Waals surface area contributed by atoms with Crippen molar-refractivity contribution in [3.8, 4) is 11.5 Å². The molecule has 1 unspecified atom stereocenters. The van der Waals surface area contributed by atoms with Crippen LogP contribution >= 0.6 is 0 Å². The van der Waals surface area contributed by atoms with Crippen LogP contribution in [0.15, 0.2) is 48.7 Å². The van der Waals surface area contributed by atoms with E-state index in [1.807, 2.05) is 6.07 Å². The van der Waals surface area contributed by atoms with Crippen LogP contribution in [-0.2, 0) is 4.74 Å². The van der Waals surface area contributed by atoms with Crippen LogP contribution < -0.4 is 9.47 Å². The van der Waals surface area contributed by atoms with Crippen molar-refractivity contribution in [2.75, 3.05) is 40.5 Å². The van der Waals surface area contributed by atoms with Crippen LogP contribution in [0.4, 0.5) is 0 Å². The Kier molecular flexibility index (Phi) is 6.97. The highest BCUT2D eigenvalue weighted by molar-refractivity contribution is 5.89. The number of carbonyl (C=O) groups excluding carboxylic acids is 1. The molecule has 1 atom stereocenters. The molecular weight excluding hydrogens is 408 g/mol. The Labute approximate surface area is 187 Å². The number of β-amino-alcohol motifs (C(OH)–C–C–N with tert-alkyl or cyclic N) is 1. The number of hydrogen-bond acceptors (Lipinski definition) is 6. The molecule has 0 saturated carbocycles. The topological polar surface area (TPSA) is 84.0 Å². The Morgan fingerprint density at radius 3 is 2.53 bits per heavy atom. The number of nitrogens with one attached hydrogen (secondary N) is 1. The maximum atomic E-state index is 11.5. The lowest BCUT2D eigenvalue weighted by atomic mass is 9.89. The maximum absolute atomic E-state index is 11.5. The number of H-pyrrole nitrogens is 1. The zero-order valence-corrected chi connectivity index (χ0v) is 18.5. The first-order valence-corrected chi connectivity index (χ1v) is 10.9. The molecule has 7 nitrogen and oxygen atoms in total. The molecule has 3 aromatic rings. The number of fused-ring (bicyclic) bond motifs is 1. The Bertz CT molecular complexity index is 1040. The Morgan fingerprint density at radius 1 is 1.12 bits per heavy atom. The van der Waals surface area contributed by atoms with Crippen LogP contribution in [0.2, 0.25) is 0 Å². The van der Waals surface area contributed by atoms with E-state index in [1.165, 1.54) is 18.1 Å². The molecule has 2 aromatic carbocycles. The van der Waals surface area contributed by atoms with Gasteiger partial charge in [-0.05, 0) is 79.9 Å². The van der Waals surface area contributed by atoms with Gasteiger partial charge in [0.05, 0.1) is 19.8 Å². The van der Waals surface area contributed by atoms with Gasteiger partial charge in [-0.25, -0.2) is 4.79 Å². The van der Waals surface area contributed by atoms with Gasteiger partial charge in [0, 0.05) is 23.6 Å². The number of piperidine rings is 1. The second-order valence-electron chi connectivity index (χ2n) is 8.21. The molecule has 1 aliphatic heterocycles. The third-order valence-electron chi connectivity index (χ3n) is 6.14. The van der Waals surface area contributed by atoms with Gasteiger partial charge in [-0.15, -0.1) is 0 Å². The number of ether oxygens (including phenoxy) is 3. The predicted octanol–water partition coefficient (Wildman–Crippen LogP) is 3.58. The highest BCUT2D eigenvalue weighted by atomic mass is 16.5. The van der Waals surface area contributed by atoms with Crippen LogP contribution in [0.25, 0.3) is 10.9 Å². The minimum Gasteiger partial charge on any atom is -0.497 e. The van der Waals surface area contributed by atoms with Crippen LogP contribution in [0.5, 0.6) is 11.5 Å². The zero-order chi connectivity index (χ0) is 22.5. The van der Waals surface area contributed by atoms with Crippen LogP contribution in [0.1, 0.15) is 34.7 Å². The monoisotopic (exact) mass is 438 g/mol. The van der Waals surface area contributed by atoms with Gasteiger partial charge in [0.1, 0.15) is 24.2 Å². The summed E-state index contributed by atoms with van der Waals surface area (Å²) in [4.78, 5) is 17.2. The number of likely N-dealkylation sites (tertiary alicyclic amines) is 1. The highest BCUT2D eigenvalue weighted by Crippen LogP contribution is 2.34. The molecule has 7 heteroatoms. The number of hydrogen-bond donors (Lipinski definition) is 2. The quantitative estimate of drug-likeness (QED) is 0.523. The largest absolute Gasteiger partial charge is 0.497 e. The number of aromatic amines is 1. The zero-order valence-electron chi connectivity index (χ0n) is 18.5. The highest BCUT2D eigenvalue weighted by Gasteiger charge is 2.24. The second kappa shape index (κ2) is 10.1. The van der Waals surface area contributed by atoms with E-state index < -0.39 is 6.10 Å². The molecule has 1 saturated heterocycles. The first-order chi connectivity index (χ1) is 15.6. The van der Waals surface area contributed by atoms with E-state index in [0.29, 0.717) is 23.8 Å². The summed E-state index contributed by atoms with van der Waals surface area (Å²) in [7, 11) is 3.04. The van der Waals surface area contributed by atoms with Gasteiger partial charge >= 0.3 is 5.97 Å². The van der Waals surface area contributed by atoms with Crippen molar-refractivity contribution in [1.29, 1.82) is 0 Å². The van der Waals surface area contributed by atoms with Crippen molar-refractivity contribution >= 4 is 16.9 Å². The molecule has 0 aliphatic carbocycles. The second-order valence-corrected chi connectivity index (χ2v) is 8.21. The number of aromatic nitrogens is 1.